The molecule has 0 aliphatic rings. The molecule has 3 N–H and O–H groups in total. The first-order chi connectivity index (χ1) is 3.73. The molecule has 0 bridgehead atoms. The molecule has 0 fully saturated rings. The molecule has 0 unspecified atom stereocenters. The standard InChI is InChI=1S/Al.3FH.K.H3O4P.H/c;;;;;1-5(2,3)4;/h;3*1H;;(H3,1,2,3,4);/q+3;;;;;;/p-3. The quantitative estimate of drug-likeness (QED) is 0.374. The summed E-state index contributed by atoms with van der Waals surface area (Å²) >= 11 is -4.64. The van der Waals surface area contributed by atoms with E-state index in [0.29, 0.717) is 0 Å². The van der Waals surface area contributed by atoms with Gasteiger partial charge in [0.15, 0.2) is 0 Å². The van der Waals surface area contributed by atoms with Crippen molar-refractivity contribution in [2.45, 2.75) is 0 Å². The minimum atomic E-state index is -4.64. The SMILES string of the molecule is O=P(O)(O)O.[F][Al]([F])[F].[KH]. The summed E-state index contributed by atoms with van der Waals surface area (Å²) in [7, 11) is -4.64. The van der Waals surface area contributed by atoms with Crippen LogP contribution in [-0.4, -0.2) is 81.6 Å². The summed E-state index contributed by atoms with van der Waals surface area (Å²) in [4.78, 5) is 21.6. The van der Waals surface area contributed by atoms with Crippen LogP contribution in [-0.2, 0) is 4.57 Å². The second-order valence-electron chi connectivity index (χ2n) is 0.761. The molecule has 0 atom stereocenters. The maximum atomic E-state index is 9.81. The fourth-order valence-electron chi connectivity index (χ4n) is 0. The molecule has 0 saturated carbocycles. The van der Waals surface area contributed by atoms with Crippen LogP contribution in [0.15, 0.2) is 0 Å². The van der Waals surface area contributed by atoms with E-state index in [1.165, 1.54) is 0 Å². The summed E-state index contributed by atoms with van der Waals surface area (Å²) in [5.41, 5.74) is 0. The fraction of sp³-hybridized carbons (Fsp3) is 0. The molecule has 10 heavy (non-hydrogen) atoms. The van der Waals surface area contributed by atoms with Crippen LogP contribution in [0, 0.1) is 0 Å². The van der Waals surface area contributed by atoms with Gasteiger partial charge in [-0.3, -0.25) is 0 Å². The van der Waals surface area contributed by atoms with Crippen LogP contribution < -0.4 is 0 Å². The van der Waals surface area contributed by atoms with Crippen molar-refractivity contribution >= 4 is 74.7 Å². The van der Waals surface area contributed by atoms with E-state index in [0.717, 1.165) is 0 Å². The molecule has 0 heterocycles. The summed E-state index contributed by atoms with van der Waals surface area (Å²) in [5, 5.41) is 0. The van der Waals surface area contributed by atoms with Crippen LogP contribution in [0.2, 0.25) is 0 Å². The van der Waals surface area contributed by atoms with Crippen LogP contribution in [0.3, 0.4) is 0 Å². The third-order valence-electron chi connectivity index (χ3n) is 0. The summed E-state index contributed by atoms with van der Waals surface area (Å²) in [6, 6.07) is 0. The molecule has 0 spiro atoms. The summed E-state index contributed by atoms with van der Waals surface area (Å²) in [5.74, 6) is 0. The van der Waals surface area contributed by atoms with Crippen molar-refractivity contribution in [2.24, 2.45) is 0 Å². The van der Waals surface area contributed by atoms with E-state index in [1.54, 1.807) is 0 Å². The Morgan fingerprint density at radius 2 is 1.10 bits per heavy atom. The van der Waals surface area contributed by atoms with Gasteiger partial charge in [0.25, 0.3) is 0 Å². The average Bonchev–Trinajstić information content (AvgIpc) is 1.19. The first kappa shape index (κ1) is 18.0. The number of rotatable bonds is 0. The number of hydrogen-bond acceptors (Lipinski definition) is 1. The number of phosphoric acid groups is 1. The second kappa shape index (κ2) is 9.16. The summed E-state index contributed by atoms with van der Waals surface area (Å²) in [6.45, 7) is 0. The molecule has 58 valence electrons. The van der Waals surface area contributed by atoms with Crippen molar-refractivity contribution in [2.75, 3.05) is 0 Å². The number of halogens is 3. The van der Waals surface area contributed by atoms with Gasteiger partial charge in [-0.05, 0) is 0 Å². The van der Waals surface area contributed by atoms with E-state index in [9.17, 15) is 10.6 Å². The van der Waals surface area contributed by atoms with Gasteiger partial charge in [0.2, 0.25) is 0 Å². The van der Waals surface area contributed by atoms with Gasteiger partial charge in [-0.1, -0.05) is 0 Å². The fourth-order valence-corrected chi connectivity index (χ4v) is 0. The van der Waals surface area contributed by atoms with Gasteiger partial charge in [0, 0.05) is 0 Å². The molecule has 0 aliphatic heterocycles. The molecule has 0 aromatic heterocycles. The maximum absolute atomic E-state index is 9.81. The Morgan fingerprint density at radius 3 is 1.10 bits per heavy atom. The van der Waals surface area contributed by atoms with E-state index < -0.39 is 23.4 Å². The Labute approximate surface area is 103 Å². The van der Waals surface area contributed by atoms with E-state index in [-0.39, 0.29) is 51.4 Å². The monoisotopic (exact) mass is 222 g/mol. The first-order valence-corrected chi connectivity index (χ1v) is 4.31. The molecular formula is H4AlF3KO4P. The predicted octanol–water partition coefficient (Wildman–Crippen LogP) is -0.697. The number of hydrogen-bond donors (Lipinski definition) is 3. The molecule has 0 radical (unpaired) electrons. The Kier molecular flexibility index (Phi) is 16.5. The Bertz CT molecular complexity index is 91.7. The average molecular weight is 222 g/mol. The van der Waals surface area contributed by atoms with Crippen molar-refractivity contribution in [3.63, 3.8) is 0 Å². The van der Waals surface area contributed by atoms with Gasteiger partial charge >= 0.3 is 74.7 Å². The third-order valence-corrected chi connectivity index (χ3v) is 0. The van der Waals surface area contributed by atoms with Gasteiger partial charge in [0.05, 0.1) is 0 Å². The molecule has 0 rings (SSSR count). The van der Waals surface area contributed by atoms with E-state index in [1.807, 2.05) is 0 Å². The summed E-state index contributed by atoms with van der Waals surface area (Å²) in [6.07, 6.45) is 0. The van der Waals surface area contributed by atoms with Gasteiger partial charge in [-0.25, -0.2) is 4.57 Å². The van der Waals surface area contributed by atoms with Gasteiger partial charge in [0.1, 0.15) is 0 Å². The Hall–Kier alpha value is 2.07. The molecule has 0 amide bonds. The third kappa shape index (κ3) is 193. The van der Waals surface area contributed by atoms with E-state index in [2.05, 4.69) is 0 Å². The molecule has 0 saturated heterocycles. The zero-order valence-corrected chi connectivity index (χ0v) is 5.96. The van der Waals surface area contributed by atoms with Crippen LogP contribution in [0.1, 0.15) is 0 Å². The molecule has 0 aliphatic carbocycles. The Morgan fingerprint density at radius 1 is 1.10 bits per heavy atom. The van der Waals surface area contributed by atoms with Crippen molar-refractivity contribution in [1.82, 2.24) is 0 Å². The topological polar surface area (TPSA) is 77.8 Å². The molecule has 4 nitrogen and oxygen atoms in total. The normalized spacial score (nSPS) is 8.60. The zero-order chi connectivity index (χ0) is 8.08. The van der Waals surface area contributed by atoms with Gasteiger partial charge in [-0.15, -0.1) is 0 Å². The van der Waals surface area contributed by atoms with Crippen LogP contribution in [0.4, 0.5) is 10.6 Å². The van der Waals surface area contributed by atoms with E-state index >= 15 is 0 Å². The predicted molar refractivity (Wildman–Crippen MR) is 30.5 cm³/mol. The minimum absolute atomic E-state index is 0. The van der Waals surface area contributed by atoms with Crippen LogP contribution in [0.25, 0.3) is 0 Å². The van der Waals surface area contributed by atoms with Crippen molar-refractivity contribution < 1.29 is 29.8 Å². The summed E-state index contributed by atoms with van der Waals surface area (Å²) < 4.78 is 38.3. The first-order valence-electron chi connectivity index (χ1n) is 1.44. The Balaban J connectivity index is -0.0000000910. The van der Waals surface area contributed by atoms with Crippen molar-refractivity contribution in [3.05, 3.63) is 0 Å². The zero-order valence-electron chi connectivity index (χ0n) is 3.91. The van der Waals surface area contributed by atoms with Crippen molar-refractivity contribution in [3.8, 4) is 0 Å². The van der Waals surface area contributed by atoms with E-state index in [4.69, 9.17) is 19.2 Å². The molecule has 10 heteroatoms. The second-order valence-corrected chi connectivity index (χ2v) is 2.28. The molecular weight excluding hydrogens is 218 g/mol. The molecule has 0 aromatic rings. The van der Waals surface area contributed by atoms with Gasteiger partial charge in [-0.2, -0.15) is 0 Å². The van der Waals surface area contributed by atoms with Gasteiger partial charge < -0.3 is 25.3 Å². The van der Waals surface area contributed by atoms with Crippen LogP contribution >= 0.6 is 7.82 Å². The molecule has 0 aromatic carbocycles. The van der Waals surface area contributed by atoms with Crippen LogP contribution in [0.5, 0.6) is 0 Å². The van der Waals surface area contributed by atoms with Crippen molar-refractivity contribution in [1.29, 1.82) is 0 Å².